The van der Waals surface area contributed by atoms with E-state index in [2.05, 4.69) is 34.5 Å². The zero-order chi connectivity index (χ0) is 19.8. The number of nitriles is 1. The number of nitrogens with one attached hydrogen (secondary N) is 1. The molecule has 0 saturated carbocycles. The van der Waals surface area contributed by atoms with Crippen molar-refractivity contribution in [2.75, 3.05) is 19.0 Å². The van der Waals surface area contributed by atoms with Gasteiger partial charge in [-0.3, -0.25) is 4.79 Å². The third-order valence-electron chi connectivity index (χ3n) is 3.58. The summed E-state index contributed by atoms with van der Waals surface area (Å²) in [5.74, 6) is 0.645. The standard InChI is InChI=1S/C21H19IN2O3/c1-4-9-27-20-18(22)11-15(12-19(20)26-3)10-16(13-23)21(25)24-17-7-5-14(2)6-8-17/h4-8,10-12H,1,9H2,2-3H3,(H,24,25). The van der Waals surface area contributed by atoms with Gasteiger partial charge in [0.15, 0.2) is 11.5 Å². The highest BCUT2D eigenvalue weighted by Crippen LogP contribution is 2.34. The number of amides is 1. The number of carbonyl (C=O) groups excluding carboxylic acids is 1. The molecule has 0 aliphatic rings. The molecule has 0 bridgehead atoms. The molecule has 1 N–H and O–H groups in total. The first-order valence-electron chi connectivity index (χ1n) is 8.09. The number of aryl methyl sites for hydroxylation is 1. The summed E-state index contributed by atoms with van der Waals surface area (Å²) in [6.07, 6.45) is 3.16. The average molecular weight is 474 g/mol. The van der Waals surface area contributed by atoms with Crippen molar-refractivity contribution < 1.29 is 14.3 Å². The number of methoxy groups -OCH3 is 1. The van der Waals surface area contributed by atoms with Crippen molar-refractivity contribution >= 4 is 40.3 Å². The SMILES string of the molecule is C=CCOc1c(I)cc(C=C(C#N)C(=O)Nc2ccc(C)cc2)cc1OC. The van der Waals surface area contributed by atoms with Crippen LogP contribution < -0.4 is 14.8 Å². The molecule has 0 unspecified atom stereocenters. The Kier molecular flexibility index (Phi) is 7.44. The molecule has 2 aromatic carbocycles. The summed E-state index contributed by atoms with van der Waals surface area (Å²) < 4.78 is 11.8. The molecule has 0 atom stereocenters. The average Bonchev–Trinajstić information content (AvgIpc) is 2.66. The summed E-state index contributed by atoms with van der Waals surface area (Å²) >= 11 is 2.12. The minimum absolute atomic E-state index is 0.00631. The lowest BCUT2D eigenvalue weighted by atomic mass is 10.1. The lowest BCUT2D eigenvalue weighted by Gasteiger charge is -2.12. The van der Waals surface area contributed by atoms with Crippen LogP contribution in [0.1, 0.15) is 11.1 Å². The molecule has 0 saturated heterocycles. The Morgan fingerprint density at radius 3 is 2.63 bits per heavy atom. The van der Waals surface area contributed by atoms with Gasteiger partial charge in [0.2, 0.25) is 0 Å². The van der Waals surface area contributed by atoms with Gasteiger partial charge in [-0.25, -0.2) is 0 Å². The molecule has 0 heterocycles. The Hall–Kier alpha value is -2.79. The normalized spacial score (nSPS) is 10.7. The third kappa shape index (κ3) is 5.59. The zero-order valence-electron chi connectivity index (χ0n) is 15.1. The van der Waals surface area contributed by atoms with E-state index in [-0.39, 0.29) is 5.57 Å². The summed E-state index contributed by atoms with van der Waals surface area (Å²) in [5.41, 5.74) is 2.38. The highest BCUT2D eigenvalue weighted by Gasteiger charge is 2.14. The molecule has 0 radical (unpaired) electrons. The summed E-state index contributed by atoms with van der Waals surface area (Å²) in [7, 11) is 1.54. The fourth-order valence-electron chi connectivity index (χ4n) is 2.26. The van der Waals surface area contributed by atoms with Crippen molar-refractivity contribution in [2.24, 2.45) is 0 Å². The number of hydrogen-bond donors (Lipinski definition) is 1. The lowest BCUT2D eigenvalue weighted by molar-refractivity contribution is -0.112. The van der Waals surface area contributed by atoms with Crippen molar-refractivity contribution in [3.8, 4) is 17.6 Å². The summed E-state index contributed by atoms with van der Waals surface area (Å²) in [6, 6.07) is 12.8. The van der Waals surface area contributed by atoms with Gasteiger partial charge in [-0.05, 0) is 65.4 Å². The molecule has 1 amide bonds. The van der Waals surface area contributed by atoms with Crippen LogP contribution in [0.3, 0.4) is 0 Å². The van der Waals surface area contributed by atoms with E-state index < -0.39 is 5.91 Å². The Morgan fingerprint density at radius 2 is 2.04 bits per heavy atom. The first-order chi connectivity index (χ1) is 13.0. The number of anilines is 1. The van der Waals surface area contributed by atoms with E-state index in [0.29, 0.717) is 29.4 Å². The summed E-state index contributed by atoms with van der Waals surface area (Å²) in [4.78, 5) is 12.4. The number of nitrogens with zero attached hydrogens (tertiary/aromatic N) is 1. The van der Waals surface area contributed by atoms with Gasteiger partial charge >= 0.3 is 0 Å². The van der Waals surface area contributed by atoms with Crippen molar-refractivity contribution in [1.29, 1.82) is 5.26 Å². The van der Waals surface area contributed by atoms with Gasteiger partial charge in [-0.1, -0.05) is 30.4 Å². The minimum atomic E-state index is -0.470. The molecule has 0 fully saturated rings. The molecule has 2 aromatic rings. The second-order valence-electron chi connectivity index (χ2n) is 5.62. The molecule has 0 aromatic heterocycles. The van der Waals surface area contributed by atoms with Crippen LogP contribution in [0.2, 0.25) is 0 Å². The number of carbonyl (C=O) groups is 1. The number of ether oxygens (including phenoxy) is 2. The maximum atomic E-state index is 12.4. The van der Waals surface area contributed by atoms with Crippen LogP contribution in [0.5, 0.6) is 11.5 Å². The molecule has 0 aliphatic heterocycles. The maximum Gasteiger partial charge on any atom is 0.266 e. The van der Waals surface area contributed by atoms with E-state index in [1.807, 2.05) is 31.2 Å². The number of halogens is 1. The van der Waals surface area contributed by atoms with Gasteiger partial charge < -0.3 is 14.8 Å². The van der Waals surface area contributed by atoms with E-state index in [1.54, 1.807) is 24.3 Å². The maximum absolute atomic E-state index is 12.4. The summed E-state index contributed by atoms with van der Waals surface area (Å²) in [6.45, 7) is 5.94. The first-order valence-corrected chi connectivity index (χ1v) is 9.17. The van der Waals surface area contributed by atoms with Crippen molar-refractivity contribution in [3.05, 3.63) is 69.3 Å². The summed E-state index contributed by atoms with van der Waals surface area (Å²) in [5, 5.41) is 12.1. The predicted molar refractivity (Wildman–Crippen MR) is 115 cm³/mol. The third-order valence-corrected chi connectivity index (χ3v) is 4.38. The number of rotatable bonds is 7. The van der Waals surface area contributed by atoms with E-state index in [4.69, 9.17) is 9.47 Å². The van der Waals surface area contributed by atoms with Gasteiger partial charge in [0.25, 0.3) is 5.91 Å². The highest BCUT2D eigenvalue weighted by atomic mass is 127. The van der Waals surface area contributed by atoms with E-state index in [0.717, 1.165) is 9.13 Å². The Morgan fingerprint density at radius 1 is 1.33 bits per heavy atom. The molecule has 0 spiro atoms. The second-order valence-corrected chi connectivity index (χ2v) is 6.79. The first kappa shape index (κ1) is 20.5. The largest absolute Gasteiger partial charge is 0.493 e. The fraction of sp³-hybridized carbons (Fsp3) is 0.143. The smallest absolute Gasteiger partial charge is 0.266 e. The van der Waals surface area contributed by atoms with Gasteiger partial charge in [0.1, 0.15) is 18.2 Å². The van der Waals surface area contributed by atoms with E-state index >= 15 is 0 Å². The van der Waals surface area contributed by atoms with Crippen LogP contribution in [-0.2, 0) is 4.79 Å². The van der Waals surface area contributed by atoms with E-state index in [1.165, 1.54) is 13.2 Å². The van der Waals surface area contributed by atoms with Crippen molar-refractivity contribution in [3.63, 3.8) is 0 Å². The van der Waals surface area contributed by atoms with Crippen LogP contribution in [0, 0.1) is 21.8 Å². The van der Waals surface area contributed by atoms with Crippen LogP contribution >= 0.6 is 22.6 Å². The number of hydrogen-bond acceptors (Lipinski definition) is 4. The molecule has 27 heavy (non-hydrogen) atoms. The number of benzene rings is 2. The minimum Gasteiger partial charge on any atom is -0.493 e. The molecular weight excluding hydrogens is 455 g/mol. The van der Waals surface area contributed by atoms with E-state index in [9.17, 15) is 10.1 Å². The Labute approximate surface area is 172 Å². The Bertz CT molecular complexity index is 912. The van der Waals surface area contributed by atoms with Crippen LogP contribution in [-0.4, -0.2) is 19.6 Å². The molecule has 0 aliphatic carbocycles. The molecule has 2 rings (SSSR count). The zero-order valence-corrected chi connectivity index (χ0v) is 17.2. The quantitative estimate of drug-likeness (QED) is 0.273. The van der Waals surface area contributed by atoms with Gasteiger partial charge in [0, 0.05) is 5.69 Å². The van der Waals surface area contributed by atoms with Crippen molar-refractivity contribution in [2.45, 2.75) is 6.92 Å². The molecule has 6 heteroatoms. The van der Waals surface area contributed by atoms with Crippen molar-refractivity contribution in [1.82, 2.24) is 0 Å². The predicted octanol–water partition coefficient (Wildman–Crippen LogP) is 4.72. The van der Waals surface area contributed by atoms with Gasteiger partial charge in [0.05, 0.1) is 10.7 Å². The topological polar surface area (TPSA) is 71.3 Å². The van der Waals surface area contributed by atoms with Crippen LogP contribution in [0.25, 0.3) is 6.08 Å². The fourth-order valence-corrected chi connectivity index (χ4v) is 3.04. The van der Waals surface area contributed by atoms with Crippen LogP contribution in [0.15, 0.2) is 54.6 Å². The van der Waals surface area contributed by atoms with Gasteiger partial charge in [-0.15, -0.1) is 0 Å². The highest BCUT2D eigenvalue weighted by molar-refractivity contribution is 14.1. The van der Waals surface area contributed by atoms with Gasteiger partial charge in [-0.2, -0.15) is 5.26 Å². The molecule has 5 nitrogen and oxygen atoms in total. The lowest BCUT2D eigenvalue weighted by Crippen LogP contribution is -2.13. The second kappa shape index (κ2) is 9.78. The monoisotopic (exact) mass is 474 g/mol. The molecule has 138 valence electrons. The van der Waals surface area contributed by atoms with Crippen LogP contribution in [0.4, 0.5) is 5.69 Å². The Balaban J connectivity index is 2.29. The molecular formula is C21H19IN2O3.